The van der Waals surface area contributed by atoms with Crippen molar-refractivity contribution in [2.75, 3.05) is 0 Å². The van der Waals surface area contributed by atoms with Crippen molar-refractivity contribution in [1.29, 1.82) is 0 Å². The lowest BCUT2D eigenvalue weighted by atomic mass is 10.0. The van der Waals surface area contributed by atoms with E-state index < -0.39 is 0 Å². The van der Waals surface area contributed by atoms with Gasteiger partial charge in [-0.25, -0.2) is 15.0 Å². The molecule has 0 amide bonds. The zero-order valence-corrected chi connectivity index (χ0v) is 26.9. The highest BCUT2D eigenvalue weighted by Crippen LogP contribution is 2.40. The number of fused-ring (bicyclic) bond motifs is 7. The van der Waals surface area contributed by atoms with Crippen LogP contribution in [-0.2, 0) is 0 Å². The van der Waals surface area contributed by atoms with Gasteiger partial charge >= 0.3 is 0 Å². The van der Waals surface area contributed by atoms with Gasteiger partial charge in [-0.2, -0.15) is 0 Å². The van der Waals surface area contributed by atoms with E-state index in [4.69, 9.17) is 19.4 Å². The molecule has 0 aliphatic carbocycles. The van der Waals surface area contributed by atoms with Crippen LogP contribution in [0.3, 0.4) is 0 Å². The van der Waals surface area contributed by atoms with Crippen molar-refractivity contribution in [3.63, 3.8) is 0 Å². The molecule has 10 rings (SSSR count). The van der Waals surface area contributed by atoms with Gasteiger partial charge in [-0.05, 0) is 47.5 Å². The topological polar surface area (TPSA) is 56.7 Å². The minimum absolute atomic E-state index is 0.614. The van der Waals surface area contributed by atoms with E-state index >= 15 is 0 Å². The van der Waals surface area contributed by atoms with Crippen molar-refractivity contribution in [2.24, 2.45) is 0 Å². The fourth-order valence-corrected chi connectivity index (χ4v) is 7.09. The molecule has 7 aromatic carbocycles. The number of hydrogen-bond donors (Lipinski definition) is 0. The van der Waals surface area contributed by atoms with Gasteiger partial charge < -0.3 is 8.98 Å². The Morgan fingerprint density at radius 1 is 0.380 bits per heavy atom. The molecule has 0 bridgehead atoms. The van der Waals surface area contributed by atoms with E-state index in [-0.39, 0.29) is 0 Å². The highest BCUT2D eigenvalue weighted by Gasteiger charge is 2.19. The minimum Gasteiger partial charge on any atom is -0.455 e. The summed E-state index contributed by atoms with van der Waals surface area (Å²) < 4.78 is 8.83. The van der Waals surface area contributed by atoms with Gasteiger partial charge in [0.25, 0.3) is 0 Å². The molecule has 234 valence electrons. The first-order valence-corrected chi connectivity index (χ1v) is 16.7. The van der Waals surface area contributed by atoms with Crippen LogP contribution in [-0.4, -0.2) is 19.5 Å². The average Bonchev–Trinajstić information content (AvgIpc) is 3.74. The van der Waals surface area contributed by atoms with Gasteiger partial charge in [0, 0.05) is 38.5 Å². The third-order valence-corrected chi connectivity index (χ3v) is 9.46. The van der Waals surface area contributed by atoms with Gasteiger partial charge in [0.1, 0.15) is 11.2 Å². The van der Waals surface area contributed by atoms with Crippen LogP contribution in [0.15, 0.2) is 174 Å². The smallest absolute Gasteiger partial charge is 0.164 e. The second-order valence-electron chi connectivity index (χ2n) is 12.5. The van der Waals surface area contributed by atoms with Gasteiger partial charge in [0.15, 0.2) is 17.5 Å². The van der Waals surface area contributed by atoms with E-state index in [9.17, 15) is 0 Å². The largest absolute Gasteiger partial charge is 0.455 e. The van der Waals surface area contributed by atoms with E-state index in [0.29, 0.717) is 17.5 Å². The monoisotopic (exact) mass is 640 g/mol. The van der Waals surface area contributed by atoms with Gasteiger partial charge in [-0.15, -0.1) is 0 Å². The lowest BCUT2D eigenvalue weighted by Gasteiger charge is -2.12. The summed E-state index contributed by atoms with van der Waals surface area (Å²) in [5, 5.41) is 4.49. The lowest BCUT2D eigenvalue weighted by molar-refractivity contribution is 0.673. The minimum atomic E-state index is 0.614. The number of rotatable bonds is 5. The first-order valence-electron chi connectivity index (χ1n) is 16.7. The summed E-state index contributed by atoms with van der Waals surface area (Å²) in [7, 11) is 0. The number of aromatic nitrogens is 4. The highest BCUT2D eigenvalue weighted by molar-refractivity contribution is 6.23. The zero-order valence-electron chi connectivity index (χ0n) is 26.9. The van der Waals surface area contributed by atoms with E-state index in [2.05, 4.69) is 126 Å². The number of benzene rings is 7. The van der Waals surface area contributed by atoms with Crippen molar-refractivity contribution in [1.82, 2.24) is 19.5 Å². The van der Waals surface area contributed by atoms with E-state index in [1.165, 1.54) is 5.56 Å². The molecule has 5 heteroatoms. The van der Waals surface area contributed by atoms with Crippen molar-refractivity contribution >= 4 is 43.7 Å². The third-order valence-electron chi connectivity index (χ3n) is 9.46. The summed E-state index contributed by atoms with van der Waals surface area (Å²) in [5.74, 6) is 1.87. The van der Waals surface area contributed by atoms with E-state index in [1.54, 1.807) is 0 Å². The summed E-state index contributed by atoms with van der Waals surface area (Å²) in [6, 6.07) is 58.5. The Balaban J connectivity index is 1.14. The number of para-hydroxylation sites is 2. The third kappa shape index (κ3) is 4.60. The molecule has 10 aromatic rings. The molecule has 3 aromatic heterocycles. The predicted molar refractivity (Wildman–Crippen MR) is 203 cm³/mol. The molecular weight excluding hydrogens is 613 g/mol. The maximum Gasteiger partial charge on any atom is 0.164 e. The Hall–Kier alpha value is -6.85. The predicted octanol–water partition coefficient (Wildman–Crippen LogP) is 11.5. The van der Waals surface area contributed by atoms with Crippen LogP contribution < -0.4 is 0 Å². The summed E-state index contributed by atoms with van der Waals surface area (Å²) in [5.41, 5.74) is 10.1. The Morgan fingerprint density at radius 3 is 1.70 bits per heavy atom. The molecule has 0 aliphatic heterocycles. The second-order valence-corrected chi connectivity index (χ2v) is 12.5. The zero-order chi connectivity index (χ0) is 33.0. The molecule has 3 heterocycles. The molecule has 0 saturated carbocycles. The van der Waals surface area contributed by atoms with Crippen molar-refractivity contribution in [3.05, 3.63) is 170 Å². The summed E-state index contributed by atoms with van der Waals surface area (Å²) >= 11 is 0. The van der Waals surface area contributed by atoms with E-state index in [1.807, 2.05) is 48.5 Å². The molecule has 0 atom stereocenters. The quantitative estimate of drug-likeness (QED) is 0.188. The molecule has 50 heavy (non-hydrogen) atoms. The summed E-state index contributed by atoms with van der Waals surface area (Å²) in [6.45, 7) is 0. The van der Waals surface area contributed by atoms with Crippen molar-refractivity contribution in [3.8, 4) is 51.0 Å². The SMILES string of the molecule is c1ccc(-c2ccc(-c3nc(-c4ccccc4)nc(-c4cccc(-n5c6ccccc6c6c7oc8ccccc8c7ccc65)c4)n3)cc2)cc1. The van der Waals surface area contributed by atoms with Crippen LogP contribution in [0.4, 0.5) is 0 Å². The second kappa shape index (κ2) is 11.4. The average molecular weight is 641 g/mol. The van der Waals surface area contributed by atoms with E-state index in [0.717, 1.165) is 71.7 Å². The van der Waals surface area contributed by atoms with Crippen LogP contribution in [0.5, 0.6) is 0 Å². The Bertz CT molecular complexity index is 2850. The fraction of sp³-hybridized carbons (Fsp3) is 0. The molecule has 5 nitrogen and oxygen atoms in total. The molecule has 0 saturated heterocycles. The van der Waals surface area contributed by atoms with Gasteiger partial charge in [0.05, 0.1) is 16.4 Å². The van der Waals surface area contributed by atoms with Crippen LogP contribution in [0.25, 0.3) is 94.7 Å². The van der Waals surface area contributed by atoms with Crippen LogP contribution in [0.2, 0.25) is 0 Å². The maximum atomic E-state index is 6.52. The number of hydrogen-bond acceptors (Lipinski definition) is 4. The van der Waals surface area contributed by atoms with Crippen LogP contribution in [0.1, 0.15) is 0 Å². The highest BCUT2D eigenvalue weighted by atomic mass is 16.3. The molecule has 0 N–H and O–H groups in total. The lowest BCUT2D eigenvalue weighted by Crippen LogP contribution is -2.01. The van der Waals surface area contributed by atoms with Crippen LogP contribution in [0, 0.1) is 0 Å². The van der Waals surface area contributed by atoms with Crippen molar-refractivity contribution < 1.29 is 4.42 Å². The normalized spacial score (nSPS) is 11.6. The Labute approximate surface area is 287 Å². The molecule has 0 unspecified atom stereocenters. The Kier molecular flexibility index (Phi) is 6.42. The van der Waals surface area contributed by atoms with Crippen molar-refractivity contribution in [2.45, 2.75) is 0 Å². The number of furan rings is 1. The molecule has 0 spiro atoms. The Morgan fingerprint density at radius 2 is 0.940 bits per heavy atom. The van der Waals surface area contributed by atoms with Gasteiger partial charge in [0.2, 0.25) is 0 Å². The summed E-state index contributed by atoms with van der Waals surface area (Å²) in [6.07, 6.45) is 0. The fourth-order valence-electron chi connectivity index (χ4n) is 7.09. The summed E-state index contributed by atoms with van der Waals surface area (Å²) in [4.78, 5) is 15.1. The molecule has 0 fully saturated rings. The first-order chi connectivity index (χ1) is 24.8. The van der Waals surface area contributed by atoms with Gasteiger partial charge in [-0.3, -0.25) is 0 Å². The number of nitrogens with zero attached hydrogens (tertiary/aromatic N) is 4. The van der Waals surface area contributed by atoms with Gasteiger partial charge in [-0.1, -0.05) is 133 Å². The molecular formula is C45H28N4O. The van der Waals surface area contributed by atoms with Crippen LogP contribution >= 0.6 is 0 Å². The molecule has 0 aliphatic rings. The maximum absolute atomic E-state index is 6.52. The first kappa shape index (κ1) is 28.2. The molecule has 0 radical (unpaired) electrons. The standard InChI is InChI=1S/C45H28N4O/c1-3-12-29(13-4-1)30-22-24-32(25-23-30)44-46-43(31-14-5-2-6-15-31)47-45(48-44)33-16-11-17-34(28-33)49-38-20-9-7-19-37(38)41-39(49)27-26-36-35-18-8-10-21-40(35)50-42(36)41/h1-28H.